The van der Waals surface area contributed by atoms with Gasteiger partial charge in [-0.2, -0.15) is 0 Å². The van der Waals surface area contributed by atoms with Gasteiger partial charge in [-0.3, -0.25) is 5.43 Å². The maximum Gasteiger partial charge on any atom is 0.169 e. The lowest BCUT2D eigenvalue weighted by Crippen LogP contribution is -2.41. The summed E-state index contributed by atoms with van der Waals surface area (Å²) in [6.45, 7) is 2.61. The average Bonchev–Trinajstić information content (AvgIpc) is 2.39. The van der Waals surface area contributed by atoms with Crippen molar-refractivity contribution in [3.05, 3.63) is 29.6 Å². The highest BCUT2D eigenvalue weighted by molar-refractivity contribution is 5.30. The molecule has 1 aromatic rings. The fraction of sp³-hybridized carbons (Fsp3) is 0.538. The highest BCUT2D eigenvalue weighted by atomic mass is 19.1. The highest BCUT2D eigenvalue weighted by Gasteiger charge is 2.12. The van der Waals surface area contributed by atoms with Gasteiger partial charge in [-0.25, -0.2) is 9.40 Å². The van der Waals surface area contributed by atoms with E-state index in [1.807, 2.05) is 6.07 Å². The first-order chi connectivity index (χ1) is 8.31. The summed E-state index contributed by atoms with van der Waals surface area (Å²) in [5.74, 6) is 0.0439. The Hall–Kier alpha value is -1.13. The SMILES string of the molecule is COc1cccc(CNN2CCCCC2)c1F. The third-order valence-corrected chi connectivity index (χ3v) is 3.11. The molecule has 0 atom stereocenters. The average molecular weight is 238 g/mol. The zero-order chi connectivity index (χ0) is 12.1. The number of halogens is 1. The maximum atomic E-state index is 13.8. The van der Waals surface area contributed by atoms with Crippen LogP contribution in [0.2, 0.25) is 0 Å². The number of hydrazine groups is 1. The number of hydrogen-bond acceptors (Lipinski definition) is 3. The lowest BCUT2D eigenvalue weighted by atomic mass is 10.1. The predicted molar refractivity (Wildman–Crippen MR) is 65.2 cm³/mol. The van der Waals surface area contributed by atoms with Gasteiger partial charge in [0.1, 0.15) is 0 Å². The topological polar surface area (TPSA) is 24.5 Å². The summed E-state index contributed by atoms with van der Waals surface area (Å²) in [5.41, 5.74) is 3.92. The van der Waals surface area contributed by atoms with E-state index in [0.717, 1.165) is 13.1 Å². The Morgan fingerprint density at radius 2 is 2.06 bits per heavy atom. The van der Waals surface area contributed by atoms with Crippen molar-refractivity contribution in [1.29, 1.82) is 0 Å². The van der Waals surface area contributed by atoms with Crippen molar-refractivity contribution in [3.8, 4) is 5.75 Å². The second kappa shape index (κ2) is 5.98. The van der Waals surface area contributed by atoms with Gasteiger partial charge in [-0.15, -0.1) is 0 Å². The molecule has 1 saturated heterocycles. The summed E-state index contributed by atoms with van der Waals surface area (Å²) in [7, 11) is 1.49. The van der Waals surface area contributed by atoms with E-state index in [9.17, 15) is 4.39 Å². The van der Waals surface area contributed by atoms with E-state index in [2.05, 4.69) is 10.4 Å². The number of hydrogen-bond donors (Lipinski definition) is 1. The van der Waals surface area contributed by atoms with Crippen molar-refractivity contribution in [2.75, 3.05) is 20.2 Å². The molecule has 0 spiro atoms. The molecule has 0 bridgehead atoms. The Balaban J connectivity index is 1.93. The zero-order valence-corrected chi connectivity index (χ0v) is 10.2. The van der Waals surface area contributed by atoms with Crippen LogP contribution in [0, 0.1) is 5.82 Å². The summed E-state index contributed by atoms with van der Waals surface area (Å²) in [4.78, 5) is 0. The molecular formula is C13H19FN2O. The van der Waals surface area contributed by atoms with Crippen LogP contribution in [0.1, 0.15) is 24.8 Å². The molecule has 4 heteroatoms. The minimum absolute atomic E-state index is 0.264. The fourth-order valence-electron chi connectivity index (χ4n) is 2.10. The number of nitrogens with one attached hydrogen (secondary N) is 1. The lowest BCUT2D eigenvalue weighted by Gasteiger charge is -2.27. The minimum Gasteiger partial charge on any atom is -0.494 e. The molecule has 2 rings (SSSR count). The molecule has 0 saturated carbocycles. The lowest BCUT2D eigenvalue weighted by molar-refractivity contribution is 0.150. The van der Waals surface area contributed by atoms with Crippen molar-refractivity contribution in [2.45, 2.75) is 25.8 Å². The van der Waals surface area contributed by atoms with Crippen LogP contribution in [0.5, 0.6) is 5.75 Å². The van der Waals surface area contributed by atoms with E-state index in [1.54, 1.807) is 12.1 Å². The Morgan fingerprint density at radius 3 is 2.76 bits per heavy atom. The molecule has 3 nitrogen and oxygen atoms in total. The largest absolute Gasteiger partial charge is 0.494 e. The molecule has 0 radical (unpaired) electrons. The number of ether oxygens (including phenoxy) is 1. The van der Waals surface area contributed by atoms with Gasteiger partial charge < -0.3 is 4.74 Å². The smallest absolute Gasteiger partial charge is 0.169 e. The van der Waals surface area contributed by atoms with Crippen molar-refractivity contribution >= 4 is 0 Å². The zero-order valence-electron chi connectivity index (χ0n) is 10.2. The first-order valence-corrected chi connectivity index (χ1v) is 6.11. The summed E-state index contributed by atoms with van der Waals surface area (Å²) in [6, 6.07) is 5.24. The molecular weight excluding hydrogens is 219 g/mol. The standard InChI is InChI=1S/C13H19FN2O/c1-17-12-7-5-6-11(13(12)14)10-15-16-8-3-2-4-9-16/h5-7,15H,2-4,8-10H2,1H3. The third kappa shape index (κ3) is 3.17. The van der Waals surface area contributed by atoms with Gasteiger partial charge in [0.15, 0.2) is 11.6 Å². The van der Waals surface area contributed by atoms with Gasteiger partial charge in [0, 0.05) is 25.2 Å². The van der Waals surface area contributed by atoms with E-state index in [0.29, 0.717) is 17.9 Å². The molecule has 17 heavy (non-hydrogen) atoms. The van der Waals surface area contributed by atoms with E-state index < -0.39 is 0 Å². The number of rotatable bonds is 4. The maximum absolute atomic E-state index is 13.8. The van der Waals surface area contributed by atoms with Crippen LogP contribution >= 0.6 is 0 Å². The Labute approximate surface area is 102 Å². The number of piperidine rings is 1. The Bertz CT molecular complexity index is 364. The molecule has 94 valence electrons. The Kier molecular flexibility index (Phi) is 4.34. The molecule has 0 aromatic heterocycles. The molecule has 0 aliphatic carbocycles. The highest BCUT2D eigenvalue weighted by Crippen LogP contribution is 2.19. The summed E-state index contributed by atoms with van der Waals surface area (Å²) in [6.07, 6.45) is 3.73. The monoisotopic (exact) mass is 238 g/mol. The van der Waals surface area contributed by atoms with Gasteiger partial charge >= 0.3 is 0 Å². The normalized spacial score (nSPS) is 17.1. The molecule has 0 amide bonds. The minimum atomic E-state index is -0.264. The van der Waals surface area contributed by atoms with Crippen molar-refractivity contribution in [2.24, 2.45) is 0 Å². The fourth-order valence-corrected chi connectivity index (χ4v) is 2.10. The van der Waals surface area contributed by atoms with Crippen molar-refractivity contribution < 1.29 is 9.13 Å². The predicted octanol–water partition coefficient (Wildman–Crippen LogP) is 2.32. The first kappa shape index (κ1) is 12.3. The van der Waals surface area contributed by atoms with E-state index in [-0.39, 0.29) is 5.82 Å². The molecule has 1 aliphatic heterocycles. The molecule has 1 heterocycles. The number of benzene rings is 1. The second-order valence-corrected chi connectivity index (χ2v) is 4.32. The van der Waals surface area contributed by atoms with Crippen LogP contribution in [-0.4, -0.2) is 25.2 Å². The number of methoxy groups -OCH3 is 1. The molecule has 1 fully saturated rings. The number of nitrogens with zero attached hydrogens (tertiary/aromatic N) is 1. The van der Waals surface area contributed by atoms with Crippen LogP contribution in [-0.2, 0) is 6.54 Å². The van der Waals surface area contributed by atoms with Gasteiger partial charge in [0.25, 0.3) is 0 Å². The molecule has 0 unspecified atom stereocenters. The van der Waals surface area contributed by atoms with Crippen LogP contribution in [0.25, 0.3) is 0 Å². The van der Waals surface area contributed by atoms with E-state index in [1.165, 1.54) is 26.4 Å². The van der Waals surface area contributed by atoms with Crippen molar-refractivity contribution in [1.82, 2.24) is 10.4 Å². The van der Waals surface area contributed by atoms with Gasteiger partial charge in [-0.1, -0.05) is 18.6 Å². The van der Waals surface area contributed by atoms with Gasteiger partial charge in [0.2, 0.25) is 0 Å². The van der Waals surface area contributed by atoms with E-state index in [4.69, 9.17) is 4.74 Å². The summed E-state index contributed by atoms with van der Waals surface area (Å²) >= 11 is 0. The van der Waals surface area contributed by atoms with Crippen LogP contribution < -0.4 is 10.2 Å². The van der Waals surface area contributed by atoms with E-state index >= 15 is 0 Å². The molecule has 1 aliphatic rings. The molecule has 1 aromatic carbocycles. The first-order valence-electron chi connectivity index (χ1n) is 6.11. The molecule has 1 N–H and O–H groups in total. The van der Waals surface area contributed by atoms with Crippen LogP contribution in [0.15, 0.2) is 18.2 Å². The van der Waals surface area contributed by atoms with Gasteiger partial charge in [0.05, 0.1) is 7.11 Å². The second-order valence-electron chi connectivity index (χ2n) is 4.32. The van der Waals surface area contributed by atoms with Crippen LogP contribution in [0.4, 0.5) is 4.39 Å². The van der Waals surface area contributed by atoms with Crippen LogP contribution in [0.3, 0.4) is 0 Å². The summed E-state index contributed by atoms with van der Waals surface area (Å²) in [5, 5.41) is 2.17. The van der Waals surface area contributed by atoms with Gasteiger partial charge in [-0.05, 0) is 18.9 Å². The van der Waals surface area contributed by atoms with Crippen molar-refractivity contribution in [3.63, 3.8) is 0 Å². The quantitative estimate of drug-likeness (QED) is 0.871. The Morgan fingerprint density at radius 1 is 1.29 bits per heavy atom. The third-order valence-electron chi connectivity index (χ3n) is 3.11. The summed E-state index contributed by atoms with van der Waals surface area (Å²) < 4.78 is 18.8.